The lowest BCUT2D eigenvalue weighted by Crippen LogP contribution is -2.40. The molecule has 0 aliphatic carbocycles. The number of ether oxygens (including phenoxy) is 3. The summed E-state index contributed by atoms with van der Waals surface area (Å²) in [5.74, 6) is -0.278. The molecule has 1 aromatic carbocycles. The zero-order chi connectivity index (χ0) is 22.4. The van der Waals surface area contributed by atoms with Crippen LogP contribution in [0.4, 0.5) is 0 Å². The van der Waals surface area contributed by atoms with Gasteiger partial charge in [0.25, 0.3) is 0 Å². The quantitative estimate of drug-likeness (QED) is 0.435. The lowest BCUT2D eigenvalue weighted by atomic mass is 9.92. The number of carbonyl (C=O) groups is 2. The number of carboxylic acid groups (broad SMARTS) is 2. The molecule has 1 saturated heterocycles. The van der Waals surface area contributed by atoms with Crippen molar-refractivity contribution in [2.24, 2.45) is 11.8 Å². The van der Waals surface area contributed by atoms with Crippen LogP contribution in [0.3, 0.4) is 0 Å². The molecule has 8 heteroatoms. The van der Waals surface area contributed by atoms with Gasteiger partial charge in [-0.1, -0.05) is 20.8 Å². The number of carboxylic acids is 2. The molecule has 8 nitrogen and oxygen atoms in total. The number of nitrogens with zero attached hydrogens (tertiary/aromatic N) is 1. The van der Waals surface area contributed by atoms with E-state index in [-0.39, 0.29) is 0 Å². The summed E-state index contributed by atoms with van der Waals surface area (Å²) in [4.78, 5) is 20.7. The zero-order valence-electron chi connectivity index (χ0n) is 18.2. The van der Waals surface area contributed by atoms with Crippen molar-refractivity contribution in [3.63, 3.8) is 0 Å². The molecule has 0 saturated carbocycles. The molecule has 1 aliphatic rings. The Morgan fingerprint density at radius 1 is 0.900 bits per heavy atom. The highest BCUT2D eigenvalue weighted by Crippen LogP contribution is 2.20. The molecule has 1 fully saturated rings. The van der Waals surface area contributed by atoms with Gasteiger partial charge in [-0.05, 0) is 48.9 Å². The third kappa shape index (κ3) is 11.6. The fourth-order valence-electron chi connectivity index (χ4n) is 3.34. The van der Waals surface area contributed by atoms with Gasteiger partial charge in [-0.3, -0.25) is 0 Å². The summed E-state index contributed by atoms with van der Waals surface area (Å²) in [5.41, 5.74) is 0. The number of benzene rings is 1. The van der Waals surface area contributed by atoms with E-state index in [0.29, 0.717) is 13.2 Å². The Kier molecular flexibility index (Phi) is 12.5. The molecule has 1 aliphatic heterocycles. The molecule has 2 atom stereocenters. The highest BCUT2D eigenvalue weighted by molar-refractivity contribution is 6.27. The first-order chi connectivity index (χ1) is 14.3. The maximum Gasteiger partial charge on any atom is 0.414 e. The van der Waals surface area contributed by atoms with E-state index >= 15 is 0 Å². The van der Waals surface area contributed by atoms with Crippen LogP contribution >= 0.6 is 0 Å². The second kappa shape index (κ2) is 14.6. The molecule has 0 radical (unpaired) electrons. The van der Waals surface area contributed by atoms with E-state index in [1.165, 1.54) is 19.5 Å². The highest BCUT2D eigenvalue weighted by atomic mass is 16.5. The van der Waals surface area contributed by atoms with Gasteiger partial charge in [0.15, 0.2) is 0 Å². The van der Waals surface area contributed by atoms with Gasteiger partial charge in [-0.25, -0.2) is 9.59 Å². The Labute approximate surface area is 178 Å². The highest BCUT2D eigenvalue weighted by Gasteiger charge is 2.21. The number of piperidine rings is 1. The molecule has 170 valence electrons. The summed E-state index contributed by atoms with van der Waals surface area (Å²) in [5, 5.41) is 14.8. The number of aliphatic carboxylic acids is 2. The second-order valence-corrected chi connectivity index (χ2v) is 7.60. The van der Waals surface area contributed by atoms with Crippen LogP contribution in [0.2, 0.25) is 0 Å². The maximum atomic E-state index is 9.10. The van der Waals surface area contributed by atoms with Crippen LogP contribution in [-0.2, 0) is 14.3 Å². The Morgan fingerprint density at radius 2 is 1.40 bits per heavy atom. The molecule has 2 rings (SSSR count). The molecule has 0 bridgehead atoms. The minimum absolute atomic E-state index is 0.585. The van der Waals surface area contributed by atoms with Gasteiger partial charge < -0.3 is 29.3 Å². The first kappa shape index (κ1) is 25.7. The smallest absolute Gasteiger partial charge is 0.414 e. The van der Waals surface area contributed by atoms with Gasteiger partial charge in [0.2, 0.25) is 0 Å². The average molecular weight is 426 g/mol. The number of rotatable bonds is 10. The lowest BCUT2D eigenvalue weighted by Gasteiger charge is -2.34. The third-order valence-electron chi connectivity index (χ3n) is 4.47. The molecular formula is C22H35NO7. The van der Waals surface area contributed by atoms with Crippen molar-refractivity contribution in [2.45, 2.75) is 33.6 Å². The minimum Gasteiger partial charge on any atom is -0.494 e. The van der Waals surface area contributed by atoms with Gasteiger partial charge in [0, 0.05) is 19.6 Å². The van der Waals surface area contributed by atoms with Crippen molar-refractivity contribution in [2.75, 3.05) is 46.1 Å². The number of hydrogen-bond donors (Lipinski definition) is 2. The Hall–Kier alpha value is -2.32. The normalized spacial score (nSPS) is 18.8. The fraction of sp³-hybridized carbons (Fsp3) is 0.636. The van der Waals surface area contributed by atoms with Crippen LogP contribution in [0.5, 0.6) is 11.5 Å². The van der Waals surface area contributed by atoms with Gasteiger partial charge >= 0.3 is 11.9 Å². The van der Waals surface area contributed by atoms with Gasteiger partial charge in [0.05, 0.1) is 19.8 Å². The summed E-state index contributed by atoms with van der Waals surface area (Å²) in [6.07, 6.45) is 2.37. The summed E-state index contributed by atoms with van der Waals surface area (Å²) >= 11 is 0. The molecule has 2 unspecified atom stereocenters. The van der Waals surface area contributed by atoms with Crippen LogP contribution in [0.25, 0.3) is 0 Å². The first-order valence-corrected chi connectivity index (χ1v) is 10.4. The molecular weight excluding hydrogens is 390 g/mol. The summed E-state index contributed by atoms with van der Waals surface area (Å²) < 4.78 is 17.0. The maximum absolute atomic E-state index is 9.10. The molecule has 1 heterocycles. The van der Waals surface area contributed by atoms with Crippen molar-refractivity contribution in [3.05, 3.63) is 24.3 Å². The van der Waals surface area contributed by atoms with Crippen LogP contribution in [-0.4, -0.2) is 73.1 Å². The van der Waals surface area contributed by atoms with Crippen LogP contribution in [0.1, 0.15) is 33.6 Å². The largest absolute Gasteiger partial charge is 0.494 e. The van der Waals surface area contributed by atoms with E-state index in [2.05, 4.69) is 25.7 Å². The average Bonchev–Trinajstić information content (AvgIpc) is 2.69. The van der Waals surface area contributed by atoms with Crippen molar-refractivity contribution < 1.29 is 34.0 Å². The van der Waals surface area contributed by atoms with E-state index in [0.717, 1.165) is 49.5 Å². The first-order valence-electron chi connectivity index (χ1n) is 10.4. The third-order valence-corrected chi connectivity index (χ3v) is 4.47. The molecule has 0 amide bonds. The van der Waals surface area contributed by atoms with E-state index < -0.39 is 11.9 Å². The van der Waals surface area contributed by atoms with Crippen molar-refractivity contribution in [3.8, 4) is 11.5 Å². The molecule has 30 heavy (non-hydrogen) atoms. The zero-order valence-corrected chi connectivity index (χ0v) is 18.2. The van der Waals surface area contributed by atoms with E-state index in [4.69, 9.17) is 34.0 Å². The molecule has 0 spiro atoms. The van der Waals surface area contributed by atoms with Crippen LogP contribution in [0, 0.1) is 11.8 Å². The summed E-state index contributed by atoms with van der Waals surface area (Å²) in [6.45, 7) is 13.0. The summed E-state index contributed by atoms with van der Waals surface area (Å²) in [7, 11) is 0. The summed E-state index contributed by atoms with van der Waals surface area (Å²) in [6, 6.07) is 7.79. The van der Waals surface area contributed by atoms with Crippen molar-refractivity contribution in [1.29, 1.82) is 0 Å². The Bertz CT molecular complexity index is 598. The van der Waals surface area contributed by atoms with Crippen molar-refractivity contribution >= 4 is 11.9 Å². The van der Waals surface area contributed by atoms with Crippen LogP contribution in [0.15, 0.2) is 24.3 Å². The fourth-order valence-corrected chi connectivity index (χ4v) is 3.34. The van der Waals surface area contributed by atoms with Gasteiger partial charge in [-0.2, -0.15) is 0 Å². The predicted molar refractivity (Wildman–Crippen MR) is 113 cm³/mol. The van der Waals surface area contributed by atoms with Crippen LogP contribution < -0.4 is 9.47 Å². The minimum atomic E-state index is -1.82. The van der Waals surface area contributed by atoms with E-state index in [1.54, 1.807) is 0 Å². The monoisotopic (exact) mass is 425 g/mol. The van der Waals surface area contributed by atoms with E-state index in [1.807, 2.05) is 24.3 Å². The van der Waals surface area contributed by atoms with Crippen molar-refractivity contribution in [1.82, 2.24) is 4.90 Å². The topological polar surface area (TPSA) is 106 Å². The molecule has 1 aromatic rings. The number of hydrogen-bond acceptors (Lipinski definition) is 6. The molecule has 2 N–H and O–H groups in total. The Balaban J connectivity index is 0.000000656. The number of likely N-dealkylation sites (tertiary alicyclic amines) is 1. The lowest BCUT2D eigenvalue weighted by molar-refractivity contribution is -0.159. The van der Waals surface area contributed by atoms with Gasteiger partial charge in [0.1, 0.15) is 18.1 Å². The van der Waals surface area contributed by atoms with Gasteiger partial charge in [-0.15, -0.1) is 0 Å². The van der Waals surface area contributed by atoms with E-state index in [9.17, 15) is 0 Å². The Morgan fingerprint density at radius 3 is 1.87 bits per heavy atom. The standard InChI is InChI=1S/C20H33NO3.C2H2O4/c1-4-10-23-19-5-7-20(8-6-19)24-13-12-22-11-9-21-15-17(2)14-18(3)16-21;3-1(4)2(5)6/h5-8,17-18H,4,9-16H2,1-3H3;(H,3,4)(H,5,6). The predicted octanol–water partition coefficient (Wildman–Crippen LogP) is 3.00. The SMILES string of the molecule is CCCOc1ccc(OCCOCCN2CC(C)CC(C)C2)cc1.O=C(O)C(=O)O. The molecule has 0 aromatic heterocycles. The second-order valence-electron chi connectivity index (χ2n) is 7.60.